The Bertz CT molecular complexity index is 654. The molecule has 0 radical (unpaired) electrons. The van der Waals surface area contributed by atoms with Crippen LogP contribution < -0.4 is 5.73 Å². The number of pyridine rings is 1. The summed E-state index contributed by atoms with van der Waals surface area (Å²) in [4.78, 5) is 14.8. The Balaban J connectivity index is 2.14. The van der Waals surface area contributed by atoms with Crippen molar-refractivity contribution >= 4 is 5.91 Å². The SMILES string of the molecule is NC(=O)Cc1ccc(C#Cc2cccc(F)c2)cn1. The lowest BCUT2D eigenvalue weighted by Gasteiger charge is -1.96. The van der Waals surface area contributed by atoms with Crippen molar-refractivity contribution < 1.29 is 9.18 Å². The second kappa shape index (κ2) is 5.78. The number of hydrogen-bond acceptors (Lipinski definition) is 2. The monoisotopic (exact) mass is 254 g/mol. The second-order valence-electron chi connectivity index (χ2n) is 3.94. The summed E-state index contributed by atoms with van der Waals surface area (Å²) < 4.78 is 12.9. The third-order valence-electron chi connectivity index (χ3n) is 2.36. The first-order chi connectivity index (χ1) is 9.13. The molecule has 0 aliphatic rings. The van der Waals surface area contributed by atoms with Crippen LogP contribution in [0.5, 0.6) is 0 Å². The molecule has 2 rings (SSSR count). The van der Waals surface area contributed by atoms with Crippen molar-refractivity contribution in [3.05, 3.63) is 65.2 Å². The highest BCUT2D eigenvalue weighted by atomic mass is 19.1. The number of primary amides is 1. The Morgan fingerprint density at radius 2 is 2.00 bits per heavy atom. The average Bonchev–Trinajstić information content (AvgIpc) is 2.37. The largest absolute Gasteiger partial charge is 0.369 e. The van der Waals surface area contributed by atoms with Gasteiger partial charge < -0.3 is 5.73 Å². The molecule has 94 valence electrons. The van der Waals surface area contributed by atoms with E-state index < -0.39 is 5.91 Å². The minimum Gasteiger partial charge on any atom is -0.369 e. The molecule has 3 nitrogen and oxygen atoms in total. The smallest absolute Gasteiger partial charge is 0.223 e. The summed E-state index contributed by atoms with van der Waals surface area (Å²) in [6.07, 6.45) is 1.67. The van der Waals surface area contributed by atoms with Crippen molar-refractivity contribution in [3.63, 3.8) is 0 Å². The average molecular weight is 254 g/mol. The van der Waals surface area contributed by atoms with Crippen molar-refractivity contribution in [2.75, 3.05) is 0 Å². The predicted molar refractivity (Wildman–Crippen MR) is 69.5 cm³/mol. The molecule has 1 amide bonds. The number of aromatic nitrogens is 1. The molecule has 2 aromatic rings. The Morgan fingerprint density at radius 3 is 2.63 bits per heavy atom. The lowest BCUT2D eigenvalue weighted by Crippen LogP contribution is -2.14. The van der Waals surface area contributed by atoms with E-state index in [1.54, 1.807) is 30.5 Å². The molecule has 0 saturated carbocycles. The van der Waals surface area contributed by atoms with E-state index in [0.29, 0.717) is 16.8 Å². The molecule has 1 aromatic carbocycles. The van der Waals surface area contributed by atoms with Gasteiger partial charge >= 0.3 is 0 Å². The molecular formula is C15H11FN2O. The van der Waals surface area contributed by atoms with E-state index in [0.717, 1.165) is 0 Å². The van der Waals surface area contributed by atoms with Crippen molar-refractivity contribution in [1.82, 2.24) is 4.98 Å². The molecule has 0 atom stereocenters. The molecule has 0 fully saturated rings. The molecule has 0 unspecified atom stereocenters. The number of nitrogens with zero attached hydrogens (tertiary/aromatic N) is 1. The zero-order valence-electron chi connectivity index (χ0n) is 10.1. The normalized spacial score (nSPS) is 9.53. The van der Waals surface area contributed by atoms with E-state index in [-0.39, 0.29) is 12.2 Å². The number of nitrogens with two attached hydrogens (primary N) is 1. The summed E-state index contributed by atoms with van der Waals surface area (Å²) in [5.41, 5.74) is 6.96. The highest BCUT2D eigenvalue weighted by Gasteiger charge is 1.99. The Labute approximate surface area is 110 Å². The molecule has 19 heavy (non-hydrogen) atoms. The van der Waals surface area contributed by atoms with E-state index >= 15 is 0 Å². The molecule has 2 N–H and O–H groups in total. The van der Waals surface area contributed by atoms with Crippen LogP contribution in [0.15, 0.2) is 42.6 Å². The van der Waals surface area contributed by atoms with Crippen molar-refractivity contribution in [2.24, 2.45) is 5.73 Å². The van der Waals surface area contributed by atoms with Crippen LogP contribution >= 0.6 is 0 Å². The first-order valence-electron chi connectivity index (χ1n) is 5.64. The molecule has 0 saturated heterocycles. The fraction of sp³-hybridized carbons (Fsp3) is 0.0667. The number of amides is 1. The molecule has 0 bridgehead atoms. The van der Waals surface area contributed by atoms with Gasteiger partial charge in [0.2, 0.25) is 5.91 Å². The summed E-state index contributed by atoms with van der Waals surface area (Å²) in [6, 6.07) is 9.50. The summed E-state index contributed by atoms with van der Waals surface area (Å²) in [5.74, 6) is 4.97. The highest BCUT2D eigenvalue weighted by molar-refractivity contribution is 5.76. The van der Waals surface area contributed by atoms with Crippen LogP contribution in [0.4, 0.5) is 4.39 Å². The second-order valence-corrected chi connectivity index (χ2v) is 3.94. The molecule has 4 heteroatoms. The van der Waals surface area contributed by atoms with E-state index in [1.165, 1.54) is 12.1 Å². The van der Waals surface area contributed by atoms with Crippen LogP contribution in [-0.4, -0.2) is 10.9 Å². The minimum absolute atomic E-state index is 0.109. The molecule has 0 spiro atoms. The minimum atomic E-state index is -0.425. The van der Waals surface area contributed by atoms with Crippen LogP contribution in [-0.2, 0) is 11.2 Å². The van der Waals surface area contributed by atoms with Gasteiger partial charge in [-0.2, -0.15) is 0 Å². The van der Waals surface area contributed by atoms with Gasteiger partial charge in [-0.05, 0) is 30.3 Å². The van der Waals surface area contributed by atoms with Crippen LogP contribution in [0.25, 0.3) is 0 Å². The topological polar surface area (TPSA) is 56.0 Å². The van der Waals surface area contributed by atoms with Crippen LogP contribution in [0, 0.1) is 17.7 Å². The molecule has 0 aliphatic heterocycles. The molecular weight excluding hydrogens is 243 g/mol. The van der Waals surface area contributed by atoms with Gasteiger partial charge in [-0.15, -0.1) is 0 Å². The number of hydrogen-bond donors (Lipinski definition) is 1. The maximum atomic E-state index is 12.9. The Hall–Kier alpha value is -2.67. The number of benzene rings is 1. The van der Waals surface area contributed by atoms with Crippen molar-refractivity contribution in [2.45, 2.75) is 6.42 Å². The zero-order valence-corrected chi connectivity index (χ0v) is 10.1. The fourth-order valence-electron chi connectivity index (χ4n) is 1.49. The lowest BCUT2D eigenvalue weighted by atomic mass is 10.2. The summed E-state index contributed by atoms with van der Waals surface area (Å²) >= 11 is 0. The standard InChI is InChI=1S/C15H11FN2O/c16-13-3-1-2-11(8-13)4-5-12-6-7-14(18-10-12)9-15(17)19/h1-3,6-8,10H,9H2,(H2,17,19). The maximum absolute atomic E-state index is 12.9. The number of halogens is 1. The zero-order chi connectivity index (χ0) is 13.7. The molecule has 1 heterocycles. The fourth-order valence-corrected chi connectivity index (χ4v) is 1.49. The van der Waals surface area contributed by atoms with Gasteiger partial charge in [-0.25, -0.2) is 4.39 Å². The molecule has 0 aliphatic carbocycles. The third-order valence-corrected chi connectivity index (χ3v) is 2.36. The van der Waals surface area contributed by atoms with E-state index in [1.807, 2.05) is 0 Å². The van der Waals surface area contributed by atoms with Crippen LogP contribution in [0.2, 0.25) is 0 Å². The van der Waals surface area contributed by atoms with Gasteiger partial charge in [-0.3, -0.25) is 9.78 Å². The number of rotatable bonds is 2. The van der Waals surface area contributed by atoms with Gasteiger partial charge in [0.25, 0.3) is 0 Å². The maximum Gasteiger partial charge on any atom is 0.223 e. The Kier molecular flexibility index (Phi) is 3.89. The third kappa shape index (κ3) is 3.93. The van der Waals surface area contributed by atoms with E-state index in [9.17, 15) is 9.18 Å². The van der Waals surface area contributed by atoms with Gasteiger partial charge in [0.05, 0.1) is 6.42 Å². The van der Waals surface area contributed by atoms with Gasteiger partial charge in [-0.1, -0.05) is 17.9 Å². The van der Waals surface area contributed by atoms with Crippen molar-refractivity contribution in [1.29, 1.82) is 0 Å². The molecule has 1 aromatic heterocycles. The van der Waals surface area contributed by atoms with E-state index in [2.05, 4.69) is 16.8 Å². The Morgan fingerprint density at radius 1 is 1.21 bits per heavy atom. The predicted octanol–water partition coefficient (Wildman–Crippen LogP) is 1.65. The summed E-state index contributed by atoms with van der Waals surface area (Å²) in [7, 11) is 0. The first-order valence-corrected chi connectivity index (χ1v) is 5.64. The van der Waals surface area contributed by atoms with Gasteiger partial charge in [0.1, 0.15) is 5.82 Å². The number of carbonyl (C=O) groups excluding carboxylic acids is 1. The van der Waals surface area contributed by atoms with Crippen molar-refractivity contribution in [3.8, 4) is 11.8 Å². The van der Waals surface area contributed by atoms with Crippen LogP contribution in [0.1, 0.15) is 16.8 Å². The number of carbonyl (C=O) groups is 1. The van der Waals surface area contributed by atoms with Gasteiger partial charge in [0, 0.05) is 23.0 Å². The van der Waals surface area contributed by atoms with Gasteiger partial charge in [0.15, 0.2) is 0 Å². The summed E-state index contributed by atoms with van der Waals surface area (Å²) in [5, 5.41) is 0. The first kappa shape index (κ1) is 12.8. The quantitative estimate of drug-likeness (QED) is 0.828. The van der Waals surface area contributed by atoms with Crippen LogP contribution in [0.3, 0.4) is 0 Å². The van der Waals surface area contributed by atoms with E-state index in [4.69, 9.17) is 5.73 Å². The highest BCUT2D eigenvalue weighted by Crippen LogP contribution is 2.03. The lowest BCUT2D eigenvalue weighted by molar-refractivity contribution is -0.117. The summed E-state index contributed by atoms with van der Waals surface area (Å²) in [6.45, 7) is 0.